The van der Waals surface area contributed by atoms with Crippen LogP contribution in [0, 0.1) is 25.2 Å². The number of nitrogens with zero attached hydrogens (tertiary/aromatic N) is 2. The Morgan fingerprint density at radius 2 is 1.75 bits per heavy atom. The molecule has 0 unspecified atom stereocenters. The van der Waals surface area contributed by atoms with E-state index in [1.165, 1.54) is 0 Å². The van der Waals surface area contributed by atoms with Gasteiger partial charge in [-0.2, -0.15) is 5.26 Å². The summed E-state index contributed by atoms with van der Waals surface area (Å²) in [7, 11) is 0. The summed E-state index contributed by atoms with van der Waals surface area (Å²) >= 11 is 0. The molecule has 0 saturated carbocycles. The summed E-state index contributed by atoms with van der Waals surface area (Å²) in [6.07, 6.45) is 0. The number of nitrogens with one attached hydrogen (secondary N) is 1. The van der Waals surface area contributed by atoms with Crippen molar-refractivity contribution in [1.29, 1.82) is 5.26 Å². The molecule has 0 bridgehead atoms. The summed E-state index contributed by atoms with van der Waals surface area (Å²) in [4.78, 5) is 12.9. The molecule has 1 heterocycles. The maximum Gasteiger partial charge on any atom is 0.253 e. The number of aryl methyl sites for hydroxylation is 1. The molecule has 0 aliphatic heterocycles. The topological polar surface area (TPSA) is 76.3 Å². The molecule has 1 amide bonds. The van der Waals surface area contributed by atoms with Crippen LogP contribution in [0.1, 0.15) is 45.4 Å². The number of hydrogen-bond acceptors (Lipinski definition) is 4. The highest BCUT2D eigenvalue weighted by Gasteiger charge is 2.16. The van der Waals surface area contributed by atoms with Crippen molar-refractivity contribution in [3.05, 3.63) is 88.2 Å². The van der Waals surface area contributed by atoms with Crippen LogP contribution in [0.2, 0.25) is 0 Å². The lowest BCUT2D eigenvalue weighted by Gasteiger charge is -2.11. The number of aromatic nitrogens is 1. The second kappa shape index (κ2) is 11.3. The minimum Gasteiger partial charge on any atom is -0.379 e. The van der Waals surface area contributed by atoms with Crippen molar-refractivity contribution in [3.8, 4) is 11.8 Å². The van der Waals surface area contributed by atoms with Crippen LogP contribution < -0.4 is 5.32 Å². The van der Waals surface area contributed by atoms with E-state index in [2.05, 4.69) is 11.4 Å². The van der Waals surface area contributed by atoms with Crippen molar-refractivity contribution in [3.63, 3.8) is 0 Å². The van der Waals surface area contributed by atoms with E-state index in [0.29, 0.717) is 44.1 Å². The number of amides is 1. The van der Waals surface area contributed by atoms with E-state index in [0.717, 1.165) is 28.2 Å². The first-order chi connectivity index (χ1) is 15.5. The smallest absolute Gasteiger partial charge is 0.253 e. The Labute approximate surface area is 189 Å². The van der Waals surface area contributed by atoms with E-state index in [1.54, 1.807) is 12.1 Å². The van der Waals surface area contributed by atoms with E-state index in [4.69, 9.17) is 14.7 Å². The Bertz CT molecular complexity index is 1090. The Morgan fingerprint density at radius 3 is 2.47 bits per heavy atom. The molecule has 1 N–H and O–H groups in total. The minimum absolute atomic E-state index is 0.114. The average molecular weight is 432 g/mol. The number of rotatable bonds is 10. The molecular weight excluding hydrogens is 402 g/mol. The Balaban J connectivity index is 1.63. The molecule has 166 valence electrons. The van der Waals surface area contributed by atoms with Crippen LogP contribution >= 0.6 is 0 Å². The van der Waals surface area contributed by atoms with Gasteiger partial charge in [0.15, 0.2) is 0 Å². The van der Waals surface area contributed by atoms with Gasteiger partial charge in [0.05, 0.1) is 37.0 Å². The van der Waals surface area contributed by atoms with Crippen LogP contribution in [0.5, 0.6) is 0 Å². The van der Waals surface area contributed by atoms with E-state index >= 15 is 0 Å². The van der Waals surface area contributed by atoms with Gasteiger partial charge in [-0.3, -0.25) is 4.79 Å². The molecule has 0 aliphatic rings. The van der Waals surface area contributed by atoms with Crippen molar-refractivity contribution in [1.82, 2.24) is 9.88 Å². The number of nitriles is 1. The Morgan fingerprint density at radius 1 is 1.03 bits per heavy atom. The number of benzene rings is 2. The first-order valence-electron chi connectivity index (χ1n) is 10.7. The van der Waals surface area contributed by atoms with Gasteiger partial charge in [-0.1, -0.05) is 24.3 Å². The van der Waals surface area contributed by atoms with Gasteiger partial charge in [-0.25, -0.2) is 0 Å². The van der Waals surface area contributed by atoms with Crippen LogP contribution in [0.4, 0.5) is 0 Å². The number of carbonyl (C=O) groups excluding carboxylic acids is 1. The molecule has 0 saturated heterocycles. The molecule has 1 aromatic heterocycles. The van der Waals surface area contributed by atoms with Crippen molar-refractivity contribution < 1.29 is 14.3 Å². The minimum atomic E-state index is -0.114. The first kappa shape index (κ1) is 23.3. The standard InChI is InChI=1S/C26H29N3O3/c1-4-31-12-13-32-18-23-7-5-6-22(15-23)17-28-26(30)25-14-19(2)29(20(25)3)24-10-8-21(16-27)9-11-24/h5-11,14-15H,4,12-13,17-18H2,1-3H3,(H,28,30). The van der Waals surface area contributed by atoms with Crippen molar-refractivity contribution in [2.75, 3.05) is 19.8 Å². The zero-order valence-electron chi connectivity index (χ0n) is 18.9. The van der Waals surface area contributed by atoms with Gasteiger partial charge in [0.25, 0.3) is 5.91 Å². The molecule has 0 radical (unpaired) electrons. The Kier molecular flexibility index (Phi) is 8.20. The summed E-state index contributed by atoms with van der Waals surface area (Å²) < 4.78 is 12.9. The molecule has 3 rings (SSSR count). The predicted octanol–water partition coefficient (Wildman–Crippen LogP) is 4.45. The quantitative estimate of drug-likeness (QED) is 0.481. The number of ether oxygens (including phenoxy) is 2. The third-order valence-corrected chi connectivity index (χ3v) is 5.22. The maximum absolute atomic E-state index is 12.9. The fourth-order valence-corrected chi connectivity index (χ4v) is 3.63. The van der Waals surface area contributed by atoms with Gasteiger partial charge in [0.2, 0.25) is 0 Å². The normalized spacial score (nSPS) is 10.7. The molecule has 0 spiro atoms. The van der Waals surface area contributed by atoms with Crippen LogP contribution in [0.25, 0.3) is 5.69 Å². The highest BCUT2D eigenvalue weighted by atomic mass is 16.5. The second-order valence-electron chi connectivity index (χ2n) is 7.53. The lowest BCUT2D eigenvalue weighted by Crippen LogP contribution is -2.23. The molecule has 0 aliphatic carbocycles. The van der Waals surface area contributed by atoms with Crippen LogP contribution in [0.3, 0.4) is 0 Å². The van der Waals surface area contributed by atoms with Crippen molar-refractivity contribution >= 4 is 5.91 Å². The van der Waals surface area contributed by atoms with Gasteiger partial charge in [0, 0.05) is 30.2 Å². The van der Waals surface area contributed by atoms with Gasteiger partial charge in [0.1, 0.15) is 0 Å². The molecule has 32 heavy (non-hydrogen) atoms. The largest absolute Gasteiger partial charge is 0.379 e. The monoisotopic (exact) mass is 431 g/mol. The third kappa shape index (κ3) is 5.85. The predicted molar refractivity (Wildman–Crippen MR) is 124 cm³/mol. The zero-order valence-corrected chi connectivity index (χ0v) is 18.9. The van der Waals surface area contributed by atoms with Gasteiger partial charge < -0.3 is 19.4 Å². The van der Waals surface area contributed by atoms with Crippen molar-refractivity contribution in [2.24, 2.45) is 0 Å². The van der Waals surface area contributed by atoms with Gasteiger partial charge in [-0.15, -0.1) is 0 Å². The summed E-state index contributed by atoms with van der Waals surface area (Å²) in [5.41, 5.74) is 6.08. The summed E-state index contributed by atoms with van der Waals surface area (Å²) in [5, 5.41) is 12.0. The number of carbonyl (C=O) groups is 1. The summed E-state index contributed by atoms with van der Waals surface area (Å²) in [5.74, 6) is -0.114. The lowest BCUT2D eigenvalue weighted by molar-refractivity contribution is 0.0453. The van der Waals surface area contributed by atoms with Gasteiger partial charge >= 0.3 is 0 Å². The van der Waals surface area contributed by atoms with E-state index in [9.17, 15) is 4.79 Å². The molecular formula is C26H29N3O3. The van der Waals surface area contributed by atoms with Gasteiger partial charge in [-0.05, 0) is 62.2 Å². The molecule has 3 aromatic rings. The highest BCUT2D eigenvalue weighted by Crippen LogP contribution is 2.21. The average Bonchev–Trinajstić information content (AvgIpc) is 3.11. The molecule has 2 aromatic carbocycles. The summed E-state index contributed by atoms with van der Waals surface area (Å²) in [6.45, 7) is 8.65. The Hall–Kier alpha value is -3.40. The highest BCUT2D eigenvalue weighted by molar-refractivity contribution is 5.95. The lowest BCUT2D eigenvalue weighted by atomic mass is 10.1. The van der Waals surface area contributed by atoms with Crippen LogP contribution in [0.15, 0.2) is 54.6 Å². The molecule has 0 atom stereocenters. The van der Waals surface area contributed by atoms with Crippen LogP contribution in [-0.2, 0) is 22.6 Å². The fraction of sp³-hybridized carbons (Fsp3) is 0.308. The molecule has 6 nitrogen and oxygen atoms in total. The summed E-state index contributed by atoms with van der Waals surface area (Å²) in [6, 6.07) is 19.4. The zero-order chi connectivity index (χ0) is 22.9. The SMILES string of the molecule is CCOCCOCc1cccc(CNC(=O)c2cc(C)n(-c3ccc(C#N)cc3)c2C)c1. The van der Waals surface area contributed by atoms with Crippen molar-refractivity contribution in [2.45, 2.75) is 33.9 Å². The second-order valence-corrected chi connectivity index (χ2v) is 7.53. The third-order valence-electron chi connectivity index (χ3n) is 5.22. The number of hydrogen-bond donors (Lipinski definition) is 1. The molecule has 0 fully saturated rings. The first-order valence-corrected chi connectivity index (χ1v) is 10.7. The maximum atomic E-state index is 12.9. The van der Waals surface area contributed by atoms with E-state index in [1.807, 2.05) is 67.8 Å². The van der Waals surface area contributed by atoms with E-state index in [-0.39, 0.29) is 5.91 Å². The van der Waals surface area contributed by atoms with E-state index < -0.39 is 0 Å². The fourth-order valence-electron chi connectivity index (χ4n) is 3.63. The molecule has 6 heteroatoms. The van der Waals surface area contributed by atoms with Crippen LogP contribution in [-0.4, -0.2) is 30.3 Å².